The first kappa shape index (κ1) is 26.2. The molecule has 0 radical (unpaired) electrons. The zero-order chi connectivity index (χ0) is 21.4. The van der Waals surface area contributed by atoms with Gasteiger partial charge in [0, 0.05) is 31.6 Å². The average molecular weight is 546 g/mol. The summed E-state index contributed by atoms with van der Waals surface area (Å²) in [5.41, 5.74) is 2.70. The van der Waals surface area contributed by atoms with Crippen molar-refractivity contribution in [3.05, 3.63) is 53.2 Å². The number of aliphatic imine (C=N–C) groups is 1. The highest BCUT2D eigenvalue weighted by atomic mass is 127. The molecule has 0 bridgehead atoms. The molecule has 2 rings (SSSR count). The van der Waals surface area contributed by atoms with Gasteiger partial charge in [0.1, 0.15) is 0 Å². The molecule has 7 nitrogen and oxygen atoms in total. The number of aryl methyl sites for hydroxylation is 1. The lowest BCUT2D eigenvalue weighted by atomic mass is 10.1. The second kappa shape index (κ2) is 12.1. The average Bonchev–Trinajstić information content (AvgIpc) is 2.63. The Labute approximate surface area is 196 Å². The molecule has 1 aromatic heterocycles. The SMILES string of the molecule is CCNC(=NCc1ccc(OC(C)C)nc1)NCc1ccc(S(C)(=O)=O)c(C)c1.I. The molecule has 0 aliphatic rings. The van der Waals surface area contributed by atoms with E-state index in [1.807, 2.05) is 45.0 Å². The number of nitrogens with zero attached hydrogens (tertiary/aromatic N) is 2. The van der Waals surface area contributed by atoms with E-state index in [0.29, 0.717) is 29.8 Å². The van der Waals surface area contributed by atoms with E-state index in [9.17, 15) is 8.42 Å². The lowest BCUT2D eigenvalue weighted by molar-refractivity contribution is 0.232. The Morgan fingerprint density at radius 2 is 1.87 bits per heavy atom. The Morgan fingerprint density at radius 3 is 2.40 bits per heavy atom. The van der Waals surface area contributed by atoms with Crippen LogP contribution in [0, 0.1) is 6.92 Å². The minimum atomic E-state index is -3.21. The number of sulfone groups is 1. The van der Waals surface area contributed by atoms with Crippen molar-refractivity contribution in [3.63, 3.8) is 0 Å². The number of hydrogen-bond acceptors (Lipinski definition) is 5. The van der Waals surface area contributed by atoms with Crippen molar-refractivity contribution in [3.8, 4) is 5.88 Å². The lowest BCUT2D eigenvalue weighted by Gasteiger charge is -2.13. The molecule has 0 fully saturated rings. The number of benzene rings is 1. The van der Waals surface area contributed by atoms with E-state index in [0.717, 1.165) is 23.2 Å². The molecular formula is C21H31IN4O3S. The quantitative estimate of drug-likeness (QED) is 0.300. The third-order valence-electron chi connectivity index (χ3n) is 4.02. The van der Waals surface area contributed by atoms with Crippen LogP contribution in [0.15, 0.2) is 46.4 Å². The molecule has 2 aromatic rings. The summed E-state index contributed by atoms with van der Waals surface area (Å²) < 4.78 is 29.1. The number of nitrogens with one attached hydrogen (secondary N) is 2. The lowest BCUT2D eigenvalue weighted by Crippen LogP contribution is -2.36. The largest absolute Gasteiger partial charge is 0.475 e. The second-order valence-corrected chi connectivity index (χ2v) is 9.08. The van der Waals surface area contributed by atoms with Gasteiger partial charge in [-0.1, -0.05) is 18.2 Å². The molecule has 30 heavy (non-hydrogen) atoms. The summed E-state index contributed by atoms with van der Waals surface area (Å²) in [6.07, 6.45) is 3.07. The molecule has 166 valence electrons. The molecule has 0 saturated heterocycles. The Hall–Kier alpha value is -1.88. The van der Waals surface area contributed by atoms with E-state index in [1.165, 1.54) is 6.26 Å². The summed E-state index contributed by atoms with van der Waals surface area (Å²) in [5, 5.41) is 6.48. The number of pyridine rings is 1. The van der Waals surface area contributed by atoms with E-state index in [2.05, 4.69) is 20.6 Å². The van der Waals surface area contributed by atoms with Gasteiger partial charge in [0.05, 0.1) is 17.5 Å². The Bertz CT molecular complexity index is 945. The van der Waals surface area contributed by atoms with Gasteiger partial charge in [-0.2, -0.15) is 0 Å². The van der Waals surface area contributed by atoms with Crippen LogP contribution >= 0.6 is 24.0 Å². The predicted octanol–water partition coefficient (Wildman–Crippen LogP) is 3.45. The van der Waals surface area contributed by atoms with Crippen molar-refractivity contribution in [1.29, 1.82) is 0 Å². The highest BCUT2D eigenvalue weighted by molar-refractivity contribution is 14.0. The number of guanidine groups is 1. The van der Waals surface area contributed by atoms with Crippen molar-refractivity contribution >= 4 is 39.8 Å². The maximum Gasteiger partial charge on any atom is 0.213 e. The normalized spacial score (nSPS) is 11.7. The fourth-order valence-electron chi connectivity index (χ4n) is 2.75. The summed E-state index contributed by atoms with van der Waals surface area (Å²) in [6, 6.07) is 9.14. The molecular weight excluding hydrogens is 515 g/mol. The maximum absolute atomic E-state index is 11.8. The number of rotatable bonds is 8. The van der Waals surface area contributed by atoms with Crippen molar-refractivity contribution < 1.29 is 13.2 Å². The maximum atomic E-state index is 11.8. The van der Waals surface area contributed by atoms with Crippen LogP contribution in [0.4, 0.5) is 0 Å². The van der Waals surface area contributed by atoms with Gasteiger partial charge in [-0.25, -0.2) is 18.4 Å². The summed E-state index contributed by atoms with van der Waals surface area (Å²) in [6.45, 7) is 9.49. The Morgan fingerprint density at radius 1 is 1.17 bits per heavy atom. The number of ether oxygens (including phenoxy) is 1. The third-order valence-corrected chi connectivity index (χ3v) is 5.27. The molecule has 0 amide bonds. The van der Waals surface area contributed by atoms with E-state index in [1.54, 1.807) is 19.2 Å². The highest BCUT2D eigenvalue weighted by Gasteiger charge is 2.11. The fraction of sp³-hybridized carbons (Fsp3) is 0.429. The predicted molar refractivity (Wildman–Crippen MR) is 131 cm³/mol. The third kappa shape index (κ3) is 8.47. The van der Waals surface area contributed by atoms with Gasteiger partial charge in [0.15, 0.2) is 15.8 Å². The van der Waals surface area contributed by atoms with Crippen LogP contribution in [0.1, 0.15) is 37.5 Å². The van der Waals surface area contributed by atoms with Gasteiger partial charge in [-0.05, 0) is 50.5 Å². The molecule has 0 spiro atoms. The van der Waals surface area contributed by atoms with E-state index < -0.39 is 9.84 Å². The van der Waals surface area contributed by atoms with Gasteiger partial charge >= 0.3 is 0 Å². The monoisotopic (exact) mass is 546 g/mol. The molecule has 0 unspecified atom stereocenters. The molecule has 9 heteroatoms. The highest BCUT2D eigenvalue weighted by Crippen LogP contribution is 2.16. The topological polar surface area (TPSA) is 92.7 Å². The minimum absolute atomic E-state index is 0. The first-order chi connectivity index (χ1) is 13.7. The summed E-state index contributed by atoms with van der Waals surface area (Å²) in [4.78, 5) is 9.24. The zero-order valence-corrected chi connectivity index (χ0v) is 21.2. The fourth-order valence-corrected chi connectivity index (χ4v) is 3.71. The van der Waals surface area contributed by atoms with Gasteiger partial charge in [0.25, 0.3) is 0 Å². The van der Waals surface area contributed by atoms with Crippen molar-refractivity contribution in [2.45, 2.75) is 51.8 Å². The second-order valence-electron chi connectivity index (χ2n) is 7.09. The van der Waals surface area contributed by atoms with Gasteiger partial charge in [-0.3, -0.25) is 0 Å². The number of halogens is 1. The smallest absolute Gasteiger partial charge is 0.213 e. The standard InChI is InChI=1S/C21H30N4O3S.HI/c1-6-22-21(25-14-18-8-10-20(23-13-18)28-15(2)3)24-12-17-7-9-19(16(4)11-17)29(5,26)27;/h7-11,13,15H,6,12,14H2,1-5H3,(H2,22,24,25);1H. The summed E-state index contributed by atoms with van der Waals surface area (Å²) in [5.74, 6) is 1.28. The molecule has 0 aliphatic carbocycles. The Kier molecular flexibility index (Phi) is 10.5. The van der Waals surface area contributed by atoms with E-state index in [-0.39, 0.29) is 30.1 Å². The zero-order valence-electron chi connectivity index (χ0n) is 18.1. The molecule has 0 aliphatic heterocycles. The molecule has 1 aromatic carbocycles. The summed E-state index contributed by atoms with van der Waals surface area (Å²) in [7, 11) is -3.21. The number of hydrogen-bond donors (Lipinski definition) is 2. The summed E-state index contributed by atoms with van der Waals surface area (Å²) >= 11 is 0. The van der Waals surface area contributed by atoms with Crippen LogP contribution in [0.5, 0.6) is 5.88 Å². The van der Waals surface area contributed by atoms with Crippen LogP contribution in [0.25, 0.3) is 0 Å². The van der Waals surface area contributed by atoms with Crippen LogP contribution in [0.3, 0.4) is 0 Å². The minimum Gasteiger partial charge on any atom is -0.475 e. The van der Waals surface area contributed by atoms with Gasteiger partial charge in [0.2, 0.25) is 5.88 Å². The van der Waals surface area contributed by atoms with Gasteiger partial charge < -0.3 is 15.4 Å². The van der Waals surface area contributed by atoms with Crippen LogP contribution in [0.2, 0.25) is 0 Å². The first-order valence-electron chi connectivity index (χ1n) is 9.62. The van der Waals surface area contributed by atoms with Gasteiger partial charge in [-0.15, -0.1) is 24.0 Å². The first-order valence-corrected chi connectivity index (χ1v) is 11.5. The molecule has 2 N–H and O–H groups in total. The van der Waals surface area contributed by atoms with Crippen LogP contribution < -0.4 is 15.4 Å². The van der Waals surface area contributed by atoms with Crippen molar-refractivity contribution in [1.82, 2.24) is 15.6 Å². The molecule has 0 atom stereocenters. The van der Waals surface area contributed by atoms with Crippen LogP contribution in [-0.2, 0) is 22.9 Å². The van der Waals surface area contributed by atoms with Crippen LogP contribution in [-0.4, -0.2) is 38.3 Å². The van der Waals surface area contributed by atoms with Crippen molar-refractivity contribution in [2.75, 3.05) is 12.8 Å². The van der Waals surface area contributed by atoms with E-state index in [4.69, 9.17) is 4.74 Å². The number of aromatic nitrogens is 1. The van der Waals surface area contributed by atoms with E-state index >= 15 is 0 Å². The molecule has 1 heterocycles. The molecule has 0 saturated carbocycles. The van der Waals surface area contributed by atoms with Crippen molar-refractivity contribution in [2.24, 2.45) is 4.99 Å². The Balaban J connectivity index is 0.00000450.